The van der Waals surface area contributed by atoms with Crippen molar-refractivity contribution in [2.45, 2.75) is 64.7 Å². The molecule has 0 bridgehead atoms. The van der Waals surface area contributed by atoms with Gasteiger partial charge in [0, 0.05) is 17.7 Å². The highest BCUT2D eigenvalue weighted by atomic mass is 16.5. The quantitative estimate of drug-likeness (QED) is 0.332. The lowest BCUT2D eigenvalue weighted by molar-refractivity contribution is -0.113. The number of carbonyl (C=O) groups excluding carboxylic acids is 1. The van der Waals surface area contributed by atoms with Crippen molar-refractivity contribution in [1.29, 1.82) is 0 Å². The van der Waals surface area contributed by atoms with E-state index in [1.165, 1.54) is 38.5 Å². The summed E-state index contributed by atoms with van der Waals surface area (Å²) in [5.41, 5.74) is 1.06. The highest BCUT2D eigenvalue weighted by molar-refractivity contribution is 6.05. The minimum atomic E-state index is -0.209. The molecule has 0 aliphatic heterocycles. The van der Waals surface area contributed by atoms with Crippen LogP contribution in [0.2, 0.25) is 0 Å². The fourth-order valence-electron chi connectivity index (χ4n) is 2.92. The highest BCUT2D eigenvalue weighted by Gasteiger charge is 2.17. The van der Waals surface area contributed by atoms with Gasteiger partial charge in [0.1, 0.15) is 22.9 Å². The summed E-state index contributed by atoms with van der Waals surface area (Å²) in [4.78, 5) is 12.5. The van der Waals surface area contributed by atoms with Gasteiger partial charge in [-0.25, -0.2) is 0 Å². The van der Waals surface area contributed by atoms with Crippen molar-refractivity contribution in [3.8, 4) is 17.2 Å². The van der Waals surface area contributed by atoms with Gasteiger partial charge in [-0.05, 0) is 12.8 Å². The molecule has 5 heteroatoms. The molecule has 0 aliphatic rings. The van der Waals surface area contributed by atoms with Crippen molar-refractivity contribution in [1.82, 2.24) is 0 Å². The molecule has 1 rings (SSSR count). The minimum absolute atomic E-state index is 0.209. The standard InChI is InChI=1S/C22H35NO4/c1-6-7-8-9-10-11-12-13-14-17(2)22(24)23-21-19(26-4)15-18(25-3)16-20(21)27-5/h15-16H,2,6-14H2,1,3-5H3,(H,23,24). The van der Waals surface area contributed by atoms with E-state index in [-0.39, 0.29) is 5.91 Å². The molecule has 0 heterocycles. The fraction of sp³-hybridized carbons (Fsp3) is 0.591. The van der Waals surface area contributed by atoms with Gasteiger partial charge in [0.25, 0.3) is 5.91 Å². The third-order valence-electron chi connectivity index (χ3n) is 4.61. The normalized spacial score (nSPS) is 10.4. The van der Waals surface area contributed by atoms with Crippen molar-refractivity contribution in [3.63, 3.8) is 0 Å². The first-order chi connectivity index (χ1) is 13.1. The van der Waals surface area contributed by atoms with E-state index in [9.17, 15) is 4.79 Å². The molecule has 27 heavy (non-hydrogen) atoms. The number of amides is 1. The molecule has 1 aromatic rings. The Hall–Kier alpha value is -2.17. The fourth-order valence-corrected chi connectivity index (χ4v) is 2.92. The molecule has 1 aromatic carbocycles. The number of carbonyl (C=O) groups is 1. The first-order valence-electron chi connectivity index (χ1n) is 9.86. The van der Waals surface area contributed by atoms with E-state index in [0.717, 1.165) is 12.8 Å². The maximum absolute atomic E-state index is 12.5. The number of nitrogens with one attached hydrogen (secondary N) is 1. The van der Waals surface area contributed by atoms with E-state index in [2.05, 4.69) is 18.8 Å². The van der Waals surface area contributed by atoms with Crippen LogP contribution in [-0.4, -0.2) is 27.2 Å². The first kappa shape index (κ1) is 22.9. The highest BCUT2D eigenvalue weighted by Crippen LogP contribution is 2.39. The number of hydrogen-bond donors (Lipinski definition) is 1. The number of anilines is 1. The molecule has 5 nitrogen and oxygen atoms in total. The first-order valence-corrected chi connectivity index (χ1v) is 9.86. The van der Waals surface area contributed by atoms with Gasteiger partial charge in [-0.3, -0.25) is 4.79 Å². The third-order valence-corrected chi connectivity index (χ3v) is 4.61. The average molecular weight is 378 g/mol. The Labute approximate surface area is 164 Å². The van der Waals surface area contributed by atoms with E-state index in [1.54, 1.807) is 33.5 Å². The molecule has 0 radical (unpaired) electrons. The summed E-state index contributed by atoms with van der Waals surface area (Å²) in [5.74, 6) is 1.36. The lowest BCUT2D eigenvalue weighted by Gasteiger charge is -2.16. The molecule has 0 spiro atoms. The Morgan fingerprint density at radius 3 is 1.89 bits per heavy atom. The van der Waals surface area contributed by atoms with Gasteiger partial charge in [0.05, 0.1) is 21.3 Å². The van der Waals surface area contributed by atoms with E-state index >= 15 is 0 Å². The Morgan fingerprint density at radius 2 is 1.41 bits per heavy atom. The summed E-state index contributed by atoms with van der Waals surface area (Å²) in [6, 6.07) is 3.42. The van der Waals surface area contributed by atoms with Gasteiger partial charge in [-0.2, -0.15) is 0 Å². The second kappa shape index (κ2) is 13.1. The number of unbranched alkanes of at least 4 members (excludes halogenated alkanes) is 7. The molecular formula is C22H35NO4. The molecule has 0 saturated heterocycles. The molecule has 0 saturated carbocycles. The number of hydrogen-bond acceptors (Lipinski definition) is 4. The maximum Gasteiger partial charge on any atom is 0.251 e. The van der Waals surface area contributed by atoms with Crippen LogP contribution in [0.4, 0.5) is 5.69 Å². The number of rotatable bonds is 14. The van der Waals surface area contributed by atoms with Crippen LogP contribution in [-0.2, 0) is 4.79 Å². The lowest BCUT2D eigenvalue weighted by Crippen LogP contribution is -2.15. The van der Waals surface area contributed by atoms with Crippen LogP contribution in [0.3, 0.4) is 0 Å². The summed E-state index contributed by atoms with van der Waals surface area (Å²) in [6.45, 7) is 6.17. The maximum atomic E-state index is 12.5. The van der Waals surface area contributed by atoms with Gasteiger partial charge in [-0.1, -0.05) is 58.4 Å². The Kier molecular flexibility index (Phi) is 11.1. The van der Waals surface area contributed by atoms with Gasteiger partial charge in [-0.15, -0.1) is 0 Å². The predicted octanol–water partition coefficient (Wildman–Crippen LogP) is 5.74. The smallest absolute Gasteiger partial charge is 0.251 e. The van der Waals surface area contributed by atoms with Crippen molar-refractivity contribution < 1.29 is 19.0 Å². The van der Waals surface area contributed by atoms with Gasteiger partial charge in [0.2, 0.25) is 0 Å². The van der Waals surface area contributed by atoms with Crippen LogP contribution in [0.1, 0.15) is 64.7 Å². The molecule has 0 aromatic heterocycles. The number of methoxy groups -OCH3 is 3. The van der Waals surface area contributed by atoms with E-state index in [4.69, 9.17) is 14.2 Å². The van der Waals surface area contributed by atoms with Crippen LogP contribution in [0.25, 0.3) is 0 Å². The summed E-state index contributed by atoms with van der Waals surface area (Å²) >= 11 is 0. The minimum Gasteiger partial charge on any atom is -0.496 e. The molecule has 0 atom stereocenters. The molecule has 0 aliphatic carbocycles. The zero-order valence-corrected chi connectivity index (χ0v) is 17.4. The summed E-state index contributed by atoms with van der Waals surface area (Å²) in [6.07, 6.45) is 10.6. The van der Waals surface area contributed by atoms with E-state index < -0.39 is 0 Å². The van der Waals surface area contributed by atoms with Gasteiger partial charge >= 0.3 is 0 Å². The molecular weight excluding hydrogens is 342 g/mol. The van der Waals surface area contributed by atoms with Crippen molar-refractivity contribution in [2.75, 3.05) is 26.6 Å². The van der Waals surface area contributed by atoms with Crippen molar-refractivity contribution in [2.24, 2.45) is 0 Å². The number of benzene rings is 1. The van der Waals surface area contributed by atoms with E-state index in [0.29, 0.717) is 34.9 Å². The summed E-state index contributed by atoms with van der Waals surface area (Å²) in [7, 11) is 4.65. The molecule has 1 N–H and O–H groups in total. The predicted molar refractivity (Wildman–Crippen MR) is 111 cm³/mol. The van der Waals surface area contributed by atoms with Crippen LogP contribution in [0.5, 0.6) is 17.2 Å². The van der Waals surface area contributed by atoms with E-state index in [1.807, 2.05) is 0 Å². The van der Waals surface area contributed by atoms with Crippen molar-refractivity contribution in [3.05, 3.63) is 24.3 Å². The number of ether oxygens (including phenoxy) is 3. The molecule has 0 fully saturated rings. The van der Waals surface area contributed by atoms with Gasteiger partial charge < -0.3 is 19.5 Å². The lowest BCUT2D eigenvalue weighted by atomic mass is 10.0. The van der Waals surface area contributed by atoms with Crippen LogP contribution in [0, 0.1) is 0 Å². The second-order valence-electron chi connectivity index (χ2n) is 6.69. The zero-order chi connectivity index (χ0) is 20.1. The van der Waals surface area contributed by atoms with Crippen LogP contribution >= 0.6 is 0 Å². The Balaban J connectivity index is 2.50. The van der Waals surface area contributed by atoms with Crippen LogP contribution < -0.4 is 19.5 Å². The second-order valence-corrected chi connectivity index (χ2v) is 6.69. The summed E-state index contributed by atoms with van der Waals surface area (Å²) < 4.78 is 15.9. The monoisotopic (exact) mass is 377 g/mol. The Morgan fingerprint density at radius 1 is 0.889 bits per heavy atom. The SMILES string of the molecule is C=C(CCCCCCCCCC)C(=O)Nc1c(OC)cc(OC)cc1OC. The largest absolute Gasteiger partial charge is 0.496 e. The topological polar surface area (TPSA) is 56.8 Å². The van der Waals surface area contributed by atoms with Crippen molar-refractivity contribution >= 4 is 11.6 Å². The molecule has 0 unspecified atom stereocenters. The zero-order valence-electron chi connectivity index (χ0n) is 17.4. The summed E-state index contributed by atoms with van der Waals surface area (Å²) in [5, 5.41) is 2.86. The molecule has 152 valence electrons. The van der Waals surface area contributed by atoms with Gasteiger partial charge in [0.15, 0.2) is 0 Å². The molecule has 1 amide bonds. The van der Waals surface area contributed by atoms with Crippen LogP contribution in [0.15, 0.2) is 24.3 Å². The Bertz CT molecular complexity index is 573. The third kappa shape index (κ3) is 7.94. The average Bonchev–Trinajstić information content (AvgIpc) is 2.69.